The van der Waals surface area contributed by atoms with Gasteiger partial charge in [0.05, 0.1) is 0 Å². The molecule has 1 N–H and O–H groups in total. The lowest BCUT2D eigenvalue weighted by Crippen LogP contribution is -2.33. The van der Waals surface area contributed by atoms with Gasteiger partial charge in [-0.2, -0.15) is 0 Å². The summed E-state index contributed by atoms with van der Waals surface area (Å²) in [5, 5.41) is 11.2. The molecule has 3 aromatic rings. The van der Waals surface area contributed by atoms with Crippen LogP contribution in [-0.2, 0) is 24.3 Å². The topological polar surface area (TPSA) is 71.3 Å². The zero-order valence-corrected chi connectivity index (χ0v) is 18.8. The van der Waals surface area contributed by atoms with E-state index in [1.807, 2.05) is 30.3 Å². The number of nitrogens with one attached hydrogen (secondary N) is 1. The van der Waals surface area contributed by atoms with Crippen LogP contribution in [0.15, 0.2) is 59.0 Å². The third-order valence-corrected chi connectivity index (χ3v) is 5.94. The first-order chi connectivity index (χ1) is 15.7. The lowest BCUT2D eigenvalue weighted by molar-refractivity contribution is -0.121. The van der Waals surface area contributed by atoms with Crippen molar-refractivity contribution in [3.05, 3.63) is 71.6 Å². The van der Waals surface area contributed by atoms with Gasteiger partial charge in [0.25, 0.3) is 0 Å². The van der Waals surface area contributed by atoms with Crippen LogP contribution < -0.4 is 5.32 Å². The van der Waals surface area contributed by atoms with Gasteiger partial charge in [-0.05, 0) is 55.0 Å². The van der Waals surface area contributed by atoms with E-state index in [0.717, 1.165) is 23.6 Å². The summed E-state index contributed by atoms with van der Waals surface area (Å²) in [4.78, 5) is 14.7. The van der Waals surface area contributed by atoms with E-state index >= 15 is 0 Å². The van der Waals surface area contributed by atoms with Gasteiger partial charge >= 0.3 is 0 Å². The fourth-order valence-electron chi connectivity index (χ4n) is 4.19. The number of aryl methyl sites for hydroxylation is 1. The van der Waals surface area contributed by atoms with Gasteiger partial charge in [-0.15, -0.1) is 10.2 Å². The Bertz CT molecular complexity index is 985. The fourth-order valence-corrected chi connectivity index (χ4v) is 4.19. The average Bonchev–Trinajstić information content (AvgIpc) is 3.28. The largest absolute Gasteiger partial charge is 0.421 e. The van der Waals surface area contributed by atoms with E-state index in [1.165, 1.54) is 31.5 Å². The Morgan fingerprint density at radius 1 is 1.09 bits per heavy atom. The van der Waals surface area contributed by atoms with E-state index in [4.69, 9.17) is 4.42 Å². The molecule has 1 aliphatic heterocycles. The Hall–Kier alpha value is -2.99. The number of carbonyl (C=O) groups is 1. The van der Waals surface area contributed by atoms with Crippen molar-refractivity contribution in [2.75, 3.05) is 13.1 Å². The highest BCUT2D eigenvalue weighted by Crippen LogP contribution is 2.19. The molecule has 6 heteroatoms. The second-order valence-corrected chi connectivity index (χ2v) is 8.80. The Morgan fingerprint density at radius 3 is 2.66 bits per heavy atom. The maximum Gasteiger partial charge on any atom is 0.247 e. The second kappa shape index (κ2) is 11.0. The molecule has 1 aromatic heterocycles. The predicted molar refractivity (Wildman–Crippen MR) is 125 cm³/mol. The highest BCUT2D eigenvalue weighted by molar-refractivity contribution is 5.75. The Labute approximate surface area is 190 Å². The number of carbonyl (C=O) groups excluding carboxylic acids is 1. The molecule has 2 heterocycles. The zero-order chi connectivity index (χ0) is 22.2. The van der Waals surface area contributed by atoms with E-state index in [9.17, 15) is 4.79 Å². The lowest BCUT2D eigenvalue weighted by atomic mass is 9.99. The first-order valence-corrected chi connectivity index (χ1v) is 11.6. The van der Waals surface area contributed by atoms with Crippen molar-refractivity contribution in [1.82, 2.24) is 20.4 Å². The van der Waals surface area contributed by atoms with Crippen LogP contribution in [0.4, 0.5) is 0 Å². The van der Waals surface area contributed by atoms with Gasteiger partial charge in [-0.3, -0.25) is 9.69 Å². The number of nitrogens with zero attached hydrogens (tertiary/aromatic N) is 3. The molecule has 0 spiro atoms. The van der Waals surface area contributed by atoms with Crippen LogP contribution in [0.3, 0.4) is 0 Å². The molecule has 1 atom stereocenters. The molecule has 4 rings (SSSR count). The minimum atomic E-state index is 0.0409. The second-order valence-electron chi connectivity index (χ2n) is 8.80. The summed E-state index contributed by atoms with van der Waals surface area (Å²) < 4.78 is 5.69. The maximum atomic E-state index is 12.2. The van der Waals surface area contributed by atoms with Crippen LogP contribution in [0.25, 0.3) is 11.5 Å². The molecule has 1 saturated heterocycles. The monoisotopic (exact) mass is 432 g/mol. The minimum absolute atomic E-state index is 0.0409. The number of piperidine rings is 1. The first-order valence-electron chi connectivity index (χ1n) is 11.6. The van der Waals surface area contributed by atoms with Gasteiger partial charge in [0.1, 0.15) is 0 Å². The van der Waals surface area contributed by atoms with E-state index in [1.54, 1.807) is 0 Å². The Kier molecular flexibility index (Phi) is 7.67. The van der Waals surface area contributed by atoms with E-state index in [0.29, 0.717) is 37.6 Å². The number of likely N-dealkylation sites (tertiary alicyclic amines) is 1. The van der Waals surface area contributed by atoms with Gasteiger partial charge in [0, 0.05) is 38.0 Å². The zero-order valence-electron chi connectivity index (χ0n) is 18.8. The van der Waals surface area contributed by atoms with Crippen molar-refractivity contribution >= 4 is 5.91 Å². The van der Waals surface area contributed by atoms with Crippen LogP contribution in [0.5, 0.6) is 0 Å². The highest BCUT2D eigenvalue weighted by atomic mass is 16.4. The molecule has 0 bridgehead atoms. The summed E-state index contributed by atoms with van der Waals surface area (Å²) in [5.41, 5.74) is 3.36. The molecule has 6 nitrogen and oxygen atoms in total. The summed E-state index contributed by atoms with van der Waals surface area (Å²) in [6.07, 6.45) is 4.35. The molecule has 2 aromatic carbocycles. The summed E-state index contributed by atoms with van der Waals surface area (Å²) >= 11 is 0. The molecular weight excluding hydrogens is 400 g/mol. The molecule has 1 fully saturated rings. The normalized spacial score (nSPS) is 16.7. The maximum absolute atomic E-state index is 12.2. The van der Waals surface area contributed by atoms with Gasteiger partial charge in [-0.25, -0.2) is 0 Å². The summed E-state index contributed by atoms with van der Waals surface area (Å²) in [6.45, 7) is 6.29. The van der Waals surface area contributed by atoms with E-state index in [2.05, 4.69) is 51.6 Å². The van der Waals surface area contributed by atoms with E-state index in [-0.39, 0.29) is 5.91 Å². The number of amides is 1. The van der Waals surface area contributed by atoms with Crippen LogP contribution in [0.1, 0.15) is 49.6 Å². The van der Waals surface area contributed by atoms with E-state index < -0.39 is 0 Å². The van der Waals surface area contributed by atoms with Crippen LogP contribution in [0, 0.1) is 5.92 Å². The Balaban J connectivity index is 1.16. The first kappa shape index (κ1) is 22.2. The third kappa shape index (κ3) is 6.50. The standard InChI is InChI=1S/C26H32N4O2/c1-20-7-6-16-30(18-20)19-22-14-12-21(13-15-22)17-27-24(31)10-5-11-25-28-29-26(32-25)23-8-3-2-4-9-23/h2-4,8-9,12-15,20H,5-7,10-11,16-19H2,1H3,(H,27,31)/t20-/m0/s1. The van der Waals surface area contributed by atoms with Gasteiger partial charge in [0.2, 0.25) is 17.7 Å². The summed E-state index contributed by atoms with van der Waals surface area (Å²) in [6, 6.07) is 18.3. The van der Waals surface area contributed by atoms with Crippen molar-refractivity contribution in [1.29, 1.82) is 0 Å². The van der Waals surface area contributed by atoms with Crippen LogP contribution >= 0.6 is 0 Å². The molecule has 32 heavy (non-hydrogen) atoms. The number of aromatic nitrogens is 2. The van der Waals surface area contributed by atoms with Crippen molar-refractivity contribution in [3.8, 4) is 11.5 Å². The summed E-state index contributed by atoms with van der Waals surface area (Å²) in [7, 11) is 0. The molecule has 0 unspecified atom stereocenters. The van der Waals surface area contributed by atoms with Crippen LogP contribution in [0.2, 0.25) is 0 Å². The molecule has 168 valence electrons. The SMILES string of the molecule is C[C@H]1CCCN(Cc2ccc(CNC(=O)CCCc3nnc(-c4ccccc4)o3)cc2)C1. The highest BCUT2D eigenvalue weighted by Gasteiger charge is 2.16. The summed E-state index contributed by atoms with van der Waals surface area (Å²) in [5.74, 6) is 1.92. The van der Waals surface area contributed by atoms with Crippen molar-refractivity contribution in [2.24, 2.45) is 5.92 Å². The van der Waals surface area contributed by atoms with Crippen molar-refractivity contribution < 1.29 is 9.21 Å². The van der Waals surface area contributed by atoms with Crippen molar-refractivity contribution in [2.45, 2.75) is 52.1 Å². The molecular formula is C26H32N4O2. The quantitative estimate of drug-likeness (QED) is 0.535. The van der Waals surface area contributed by atoms with Gasteiger partial charge < -0.3 is 9.73 Å². The third-order valence-electron chi connectivity index (χ3n) is 5.94. The molecule has 0 radical (unpaired) electrons. The molecule has 0 aliphatic carbocycles. The molecule has 1 aliphatic rings. The Morgan fingerprint density at radius 2 is 1.88 bits per heavy atom. The van der Waals surface area contributed by atoms with Crippen molar-refractivity contribution in [3.63, 3.8) is 0 Å². The van der Waals surface area contributed by atoms with Gasteiger partial charge in [-0.1, -0.05) is 49.4 Å². The fraction of sp³-hybridized carbons (Fsp3) is 0.423. The number of hydrogen-bond acceptors (Lipinski definition) is 5. The number of rotatable bonds is 9. The predicted octanol–water partition coefficient (Wildman–Crippen LogP) is 4.61. The lowest BCUT2D eigenvalue weighted by Gasteiger charge is -2.30. The number of hydrogen-bond donors (Lipinski definition) is 1. The average molecular weight is 433 g/mol. The minimum Gasteiger partial charge on any atom is -0.421 e. The smallest absolute Gasteiger partial charge is 0.247 e. The number of benzene rings is 2. The molecule has 0 saturated carbocycles. The molecule has 1 amide bonds. The van der Waals surface area contributed by atoms with Gasteiger partial charge in [0.15, 0.2) is 0 Å². The van der Waals surface area contributed by atoms with Crippen LogP contribution in [-0.4, -0.2) is 34.1 Å².